The van der Waals surface area contributed by atoms with Gasteiger partial charge in [-0.05, 0) is 150 Å². The van der Waals surface area contributed by atoms with Crippen molar-refractivity contribution in [1.82, 2.24) is 14.7 Å². The van der Waals surface area contributed by atoms with E-state index in [0.29, 0.717) is 178 Å². The summed E-state index contributed by atoms with van der Waals surface area (Å²) in [6.07, 6.45) is 5.54. The third kappa shape index (κ3) is 26.4. The molecule has 0 atom stereocenters. The van der Waals surface area contributed by atoms with Gasteiger partial charge in [0.1, 0.15) is 49.8 Å². The third-order valence-electron chi connectivity index (χ3n) is 18.1. The molecule has 6 aromatic rings. The van der Waals surface area contributed by atoms with Crippen LogP contribution in [-0.2, 0) is 67.1 Å². The van der Waals surface area contributed by atoms with Crippen molar-refractivity contribution in [1.29, 1.82) is 0 Å². The van der Waals surface area contributed by atoms with Crippen molar-refractivity contribution in [3.05, 3.63) is 177 Å². The molecule has 37 heteroatoms. The monoisotopic (exact) mass is 1780 g/mol. The van der Waals surface area contributed by atoms with Gasteiger partial charge in [-0.15, -0.1) is 0 Å². The average molecular weight is 1780 g/mol. The number of fused-ring (bicyclic) bond motifs is 3. The van der Waals surface area contributed by atoms with Gasteiger partial charge in [-0.1, -0.05) is 146 Å². The number of carboxylic acid groups (broad SMARTS) is 5. The molecule has 12 rings (SSSR count). The molecule has 6 aliphatic heterocycles. The Labute approximate surface area is 731 Å². The van der Waals surface area contributed by atoms with Crippen LogP contribution in [0.15, 0.2) is 160 Å². The topological polar surface area (TPSA) is 423 Å². The number of nitrogens with one attached hydrogen (secondary N) is 3. The first kappa shape index (κ1) is 95.3. The quantitative estimate of drug-likeness (QED) is 0.0108. The van der Waals surface area contributed by atoms with E-state index in [9.17, 15) is 57.5 Å². The number of thiocarbonyl (C=S) groups is 3. The minimum atomic E-state index is -0.850. The van der Waals surface area contributed by atoms with Gasteiger partial charge in [-0.3, -0.25) is 96.5 Å². The smallest absolute Gasteiger partial charge is 0.303 e. The van der Waals surface area contributed by atoms with E-state index in [1.54, 1.807) is 146 Å². The molecule has 0 spiro atoms. The van der Waals surface area contributed by atoms with E-state index < -0.39 is 47.6 Å². The average Bonchev–Trinajstić information content (AvgIpc) is 1.61. The zero-order valence-corrected chi connectivity index (χ0v) is 71.9. The Balaban J connectivity index is 0.000000217. The molecular formula is C85H89N9O22S6. The number of carbonyl (C=O) groups excluding carboxylic acids is 9. The molecule has 6 aliphatic rings. The summed E-state index contributed by atoms with van der Waals surface area (Å²) in [5.74, 6) is -5.65. The summed E-state index contributed by atoms with van der Waals surface area (Å²) in [4.78, 5) is 178. The number of hydrogen-bond acceptors (Lipinski definition) is 23. The number of aliphatic carboxylic acids is 5. The van der Waals surface area contributed by atoms with Crippen LogP contribution in [0.25, 0.3) is 16.7 Å². The number of anilines is 6. The van der Waals surface area contributed by atoms with Gasteiger partial charge in [-0.2, -0.15) is 0 Å². The number of unbranched alkanes of at least 4 members (excludes halogenated alkanes) is 6. The van der Waals surface area contributed by atoms with Crippen molar-refractivity contribution < 1.29 is 107 Å². The lowest BCUT2D eigenvalue weighted by Gasteiger charge is -2.17. The molecule has 6 heterocycles. The molecule has 0 aliphatic carbocycles. The molecule has 122 heavy (non-hydrogen) atoms. The summed E-state index contributed by atoms with van der Waals surface area (Å²) in [6, 6.07) is 42.0. The Bertz CT molecular complexity index is 4620. The minimum absolute atomic E-state index is 0.0791. The van der Waals surface area contributed by atoms with Crippen LogP contribution < -0.4 is 44.9 Å². The first-order valence-corrected chi connectivity index (χ1v) is 42.2. The second kappa shape index (κ2) is 46.6. The Hall–Kier alpha value is -12.2. The molecule has 3 saturated heterocycles. The molecule has 0 saturated carbocycles. The van der Waals surface area contributed by atoms with Gasteiger partial charge in [0.05, 0.1) is 68.3 Å². The number of benzene rings is 6. The van der Waals surface area contributed by atoms with E-state index >= 15 is 0 Å². The van der Waals surface area contributed by atoms with E-state index in [1.165, 1.54) is 29.4 Å². The summed E-state index contributed by atoms with van der Waals surface area (Å²) in [7, 11) is 0. The highest BCUT2D eigenvalue weighted by Gasteiger charge is 2.46. The van der Waals surface area contributed by atoms with Crippen LogP contribution in [0.5, 0.6) is 17.2 Å². The van der Waals surface area contributed by atoms with Crippen LogP contribution in [0.2, 0.25) is 0 Å². The summed E-state index contributed by atoms with van der Waals surface area (Å²) < 4.78 is 17.3. The molecular weight excluding hydrogens is 1690 g/mol. The molecule has 31 nitrogen and oxygen atoms in total. The molecule has 0 unspecified atom stereocenters. The number of rotatable bonds is 33. The largest absolute Gasteiger partial charge is 0.494 e. The van der Waals surface area contributed by atoms with Crippen LogP contribution in [0.4, 0.5) is 34.1 Å². The number of hydrogen-bond donors (Lipinski definition) is 8. The number of carbonyl (C=O) groups is 14. The molecule has 3 fully saturated rings. The predicted octanol–water partition coefficient (Wildman–Crippen LogP) is 13.0. The van der Waals surface area contributed by atoms with Gasteiger partial charge in [0.15, 0.2) is 0 Å². The van der Waals surface area contributed by atoms with Gasteiger partial charge >= 0.3 is 17.9 Å². The lowest BCUT2D eigenvalue weighted by molar-refractivity contribution is -0.138. The molecule has 0 radical (unpaired) electrons. The van der Waals surface area contributed by atoms with Crippen molar-refractivity contribution in [2.45, 2.75) is 112 Å². The van der Waals surface area contributed by atoms with Crippen molar-refractivity contribution in [2.75, 3.05) is 89.7 Å². The van der Waals surface area contributed by atoms with E-state index in [-0.39, 0.29) is 106 Å². The second-order valence-electron chi connectivity index (χ2n) is 27.0. The van der Waals surface area contributed by atoms with Crippen LogP contribution in [0.3, 0.4) is 0 Å². The number of ether oxygens (including phenoxy) is 3. The Morgan fingerprint density at radius 1 is 0.328 bits per heavy atom. The van der Waals surface area contributed by atoms with Crippen LogP contribution in [0.1, 0.15) is 128 Å². The van der Waals surface area contributed by atoms with Crippen LogP contribution >= 0.6 is 71.9 Å². The Kier molecular flexibility index (Phi) is 36.4. The fourth-order valence-corrected chi connectivity index (χ4v) is 16.9. The van der Waals surface area contributed by atoms with Crippen molar-refractivity contribution in [3.63, 3.8) is 0 Å². The standard InChI is InChI=1S/3C27H27N3O6S2.2C2H4O2/c3*1-2-36-18-13-11-17(12-14-18)28-21(31)16-30-20-9-6-5-8-19(20)23(25(30)34)24-26(35)29(27(37)38-24)15-7-3-4-10-22(32)33;2*1-2(3)4/h3*5-6,8-9,11-14H,2-4,7,10,15-16H2,1H3,(H,28,31)(H,32,33);2*1H3,(H,3,4)/b3*24-23-;;. The molecule has 642 valence electrons. The van der Waals surface area contributed by atoms with E-state index in [0.717, 1.165) is 49.1 Å². The molecule has 8 N–H and O–H groups in total. The lowest BCUT2D eigenvalue weighted by atomic mass is 10.1. The first-order valence-electron chi connectivity index (χ1n) is 38.6. The van der Waals surface area contributed by atoms with Gasteiger partial charge in [0, 0.05) is 86.5 Å². The Morgan fingerprint density at radius 3 is 0.779 bits per heavy atom. The normalized spacial score (nSPS) is 16.0. The van der Waals surface area contributed by atoms with Crippen molar-refractivity contribution in [3.8, 4) is 17.2 Å². The SMILES string of the molecule is CC(=O)O.CC(=O)O.CCOc1ccc(NC(=O)CN2C(=O)/C(=C3\SC(=S)N(CCCCCC(=O)O)C3=O)c3ccccc32)cc1.CCOc1ccc(NC(=O)CN2C(=O)/C(=C3\SC(=S)N(CCCCCC(=O)O)C3=O)c3ccccc32)cc1.CCOc1ccc(NC(=O)CN2C(=O)/C(=C3\SC(=S)N(CCCCCC(=O)O)C3=O)c3ccccc32)cc1. The number of nitrogens with zero attached hydrogens (tertiary/aromatic N) is 6. The maximum atomic E-state index is 13.6. The van der Waals surface area contributed by atoms with Gasteiger partial charge in [-0.25, -0.2) is 0 Å². The highest BCUT2D eigenvalue weighted by molar-refractivity contribution is 8.27. The fourth-order valence-electron chi connectivity index (χ4n) is 12.8. The summed E-state index contributed by atoms with van der Waals surface area (Å²) >= 11 is 19.5. The van der Waals surface area contributed by atoms with E-state index in [1.807, 2.05) is 20.8 Å². The Morgan fingerprint density at radius 2 is 0.557 bits per heavy atom. The highest BCUT2D eigenvalue weighted by Crippen LogP contribution is 2.48. The highest BCUT2D eigenvalue weighted by atomic mass is 32.2. The van der Waals surface area contributed by atoms with Crippen LogP contribution in [0, 0.1) is 0 Å². The fraction of sp³-hybridized carbons (Fsp3) is 0.306. The molecule has 0 aromatic heterocycles. The number of thioether (sulfide) groups is 3. The minimum Gasteiger partial charge on any atom is -0.494 e. The number of carboxylic acids is 5. The maximum Gasteiger partial charge on any atom is 0.303 e. The summed E-state index contributed by atoms with van der Waals surface area (Å²) in [5.41, 5.74) is 5.80. The second-order valence-corrected chi connectivity index (χ2v) is 31.9. The van der Waals surface area contributed by atoms with Crippen molar-refractivity contribution >= 4 is 219 Å². The number of amides is 9. The van der Waals surface area contributed by atoms with Crippen molar-refractivity contribution in [2.24, 2.45) is 0 Å². The summed E-state index contributed by atoms with van der Waals surface area (Å²) in [6.45, 7) is 9.82. The number of para-hydroxylation sites is 3. The third-order valence-corrected chi connectivity index (χ3v) is 22.4. The van der Waals surface area contributed by atoms with Gasteiger partial charge in [0.2, 0.25) is 17.7 Å². The molecule has 6 aromatic carbocycles. The van der Waals surface area contributed by atoms with Gasteiger partial charge in [0.25, 0.3) is 47.4 Å². The molecule has 0 bridgehead atoms. The van der Waals surface area contributed by atoms with Gasteiger partial charge < -0.3 is 55.7 Å². The van der Waals surface area contributed by atoms with E-state index in [4.69, 9.17) is 86.0 Å². The predicted molar refractivity (Wildman–Crippen MR) is 477 cm³/mol. The molecule has 9 amide bonds. The zero-order valence-electron chi connectivity index (χ0n) is 67.0. The first-order chi connectivity index (χ1) is 58.3. The lowest BCUT2D eigenvalue weighted by Crippen LogP contribution is -2.35. The van der Waals surface area contributed by atoms with E-state index in [2.05, 4.69) is 16.0 Å². The summed E-state index contributed by atoms with van der Waals surface area (Å²) in [5, 5.41) is 49.6. The maximum absolute atomic E-state index is 13.6. The van der Waals surface area contributed by atoms with Crippen LogP contribution in [-0.4, -0.2) is 195 Å². The zero-order chi connectivity index (χ0) is 88.9.